The van der Waals surface area contributed by atoms with E-state index in [0.29, 0.717) is 0 Å². The smallest absolute Gasteiger partial charge is 0.337 e. The summed E-state index contributed by atoms with van der Waals surface area (Å²) in [6.07, 6.45) is 5.76. The minimum absolute atomic E-state index is 0.569. The first-order valence-corrected chi connectivity index (χ1v) is 12.9. The Morgan fingerprint density at radius 1 is 1.00 bits per heavy atom. The van der Waals surface area contributed by atoms with E-state index in [1.165, 1.54) is 54.4 Å². The summed E-state index contributed by atoms with van der Waals surface area (Å²) < 4.78 is 6.20. The second-order valence-corrected chi connectivity index (χ2v) is 11.5. The maximum atomic E-state index is 12.6. The fourth-order valence-electron chi connectivity index (χ4n) is 5.96. The molecule has 4 nitrogen and oxygen atoms in total. The molecule has 4 rings (SSSR count). The van der Waals surface area contributed by atoms with Crippen LogP contribution in [0.4, 0.5) is 0 Å². The zero-order valence-electron chi connectivity index (χ0n) is 21.8. The van der Waals surface area contributed by atoms with E-state index in [-0.39, 0.29) is 0 Å². The van der Waals surface area contributed by atoms with Gasteiger partial charge in [-0.15, -0.1) is 0 Å². The van der Waals surface area contributed by atoms with Crippen molar-refractivity contribution in [1.82, 2.24) is 4.90 Å². The van der Waals surface area contributed by atoms with Crippen LogP contribution < -0.4 is 0 Å². The molecule has 0 saturated heterocycles. The molecule has 0 spiro atoms. The van der Waals surface area contributed by atoms with Gasteiger partial charge in [-0.2, -0.15) is 0 Å². The van der Waals surface area contributed by atoms with E-state index >= 15 is 0 Å². The van der Waals surface area contributed by atoms with Gasteiger partial charge >= 0.3 is 5.97 Å². The number of hydrogen-bond donors (Lipinski definition) is 1. The number of carbonyl (C=O) groups is 1. The predicted octanol–water partition coefficient (Wildman–Crippen LogP) is 7.12. The standard InChI is InChI=1S/C30H41NO3/c1-19-12-14-23(15-13-19)26-20(2)24-17-31(16-22-10-8-7-9-11-22)18-25(24)21(3)27(26)28(29(32)33)34-30(4,5)6/h12-15,22,28H,7-11,16-18H2,1-6H3,(H,32,33)/t28-/m0/s1. The Hall–Kier alpha value is -2.17. The van der Waals surface area contributed by atoms with Gasteiger partial charge in [-0.3, -0.25) is 4.90 Å². The molecule has 34 heavy (non-hydrogen) atoms. The molecule has 0 aromatic heterocycles. The number of hydrogen-bond acceptors (Lipinski definition) is 3. The molecule has 1 saturated carbocycles. The van der Waals surface area contributed by atoms with E-state index in [9.17, 15) is 9.90 Å². The highest BCUT2D eigenvalue weighted by atomic mass is 16.5. The van der Waals surface area contributed by atoms with Crippen molar-refractivity contribution in [3.63, 3.8) is 0 Å². The Labute approximate surface area is 205 Å². The van der Waals surface area contributed by atoms with Gasteiger partial charge in [0.25, 0.3) is 0 Å². The summed E-state index contributed by atoms with van der Waals surface area (Å²) >= 11 is 0. The average Bonchev–Trinajstić information content (AvgIpc) is 3.20. The molecule has 0 radical (unpaired) electrons. The Kier molecular flexibility index (Phi) is 7.21. The molecule has 1 N–H and O–H groups in total. The molecule has 0 bridgehead atoms. The molecule has 1 aliphatic heterocycles. The Morgan fingerprint density at radius 3 is 2.15 bits per heavy atom. The van der Waals surface area contributed by atoms with E-state index in [4.69, 9.17) is 4.74 Å². The average molecular weight is 464 g/mol. The number of aryl methyl sites for hydroxylation is 1. The van der Waals surface area contributed by atoms with Gasteiger partial charge in [-0.05, 0) is 93.7 Å². The Bertz CT molecular complexity index is 1040. The molecule has 1 heterocycles. The molecule has 1 atom stereocenters. The second kappa shape index (κ2) is 9.83. The van der Waals surface area contributed by atoms with Crippen molar-refractivity contribution in [1.29, 1.82) is 0 Å². The monoisotopic (exact) mass is 463 g/mol. The van der Waals surface area contributed by atoms with E-state index < -0.39 is 17.7 Å². The van der Waals surface area contributed by atoms with Crippen LogP contribution in [0.3, 0.4) is 0 Å². The highest BCUT2D eigenvalue weighted by Gasteiger charge is 2.35. The van der Waals surface area contributed by atoms with Crippen molar-refractivity contribution < 1.29 is 14.6 Å². The van der Waals surface area contributed by atoms with Crippen LogP contribution in [0.25, 0.3) is 11.1 Å². The van der Waals surface area contributed by atoms with Crippen LogP contribution in [-0.4, -0.2) is 28.1 Å². The van der Waals surface area contributed by atoms with Gasteiger partial charge in [0.05, 0.1) is 5.60 Å². The van der Waals surface area contributed by atoms with Crippen molar-refractivity contribution in [3.8, 4) is 11.1 Å². The molecular formula is C30H41NO3. The minimum Gasteiger partial charge on any atom is -0.479 e. The van der Waals surface area contributed by atoms with Crippen LogP contribution in [0.5, 0.6) is 0 Å². The number of rotatable bonds is 6. The van der Waals surface area contributed by atoms with Crippen LogP contribution in [0.2, 0.25) is 0 Å². The highest BCUT2D eigenvalue weighted by Crippen LogP contribution is 2.44. The third kappa shape index (κ3) is 5.23. The number of carboxylic acids is 1. The maximum absolute atomic E-state index is 12.6. The van der Waals surface area contributed by atoms with Crippen LogP contribution in [0.1, 0.15) is 92.4 Å². The second-order valence-electron chi connectivity index (χ2n) is 11.5. The minimum atomic E-state index is -1.01. The third-order valence-corrected chi connectivity index (χ3v) is 7.62. The molecule has 2 aromatic rings. The van der Waals surface area contributed by atoms with Gasteiger partial charge in [0.15, 0.2) is 6.10 Å². The first-order valence-electron chi connectivity index (χ1n) is 12.9. The topological polar surface area (TPSA) is 49.8 Å². The molecule has 184 valence electrons. The van der Waals surface area contributed by atoms with E-state index in [1.54, 1.807) is 0 Å². The number of ether oxygens (including phenoxy) is 1. The summed E-state index contributed by atoms with van der Waals surface area (Å²) in [6.45, 7) is 15.1. The fraction of sp³-hybridized carbons (Fsp3) is 0.567. The normalized spacial score (nSPS) is 18.2. The van der Waals surface area contributed by atoms with Gasteiger partial charge < -0.3 is 9.84 Å². The first kappa shape index (κ1) is 24.9. The third-order valence-electron chi connectivity index (χ3n) is 7.62. The molecule has 4 heteroatoms. The van der Waals surface area contributed by atoms with Crippen molar-refractivity contribution in [2.24, 2.45) is 5.92 Å². The van der Waals surface area contributed by atoms with E-state index in [1.807, 2.05) is 20.8 Å². The summed E-state index contributed by atoms with van der Waals surface area (Å²) in [4.78, 5) is 15.2. The molecule has 1 aliphatic carbocycles. The lowest BCUT2D eigenvalue weighted by Gasteiger charge is -2.30. The number of nitrogens with zero attached hydrogens (tertiary/aromatic N) is 1. The number of benzene rings is 2. The van der Waals surface area contributed by atoms with Crippen LogP contribution in [0, 0.1) is 26.7 Å². The van der Waals surface area contributed by atoms with Crippen molar-refractivity contribution >= 4 is 5.97 Å². The predicted molar refractivity (Wildman–Crippen MR) is 138 cm³/mol. The zero-order chi connectivity index (χ0) is 24.6. The molecular weight excluding hydrogens is 422 g/mol. The summed E-state index contributed by atoms with van der Waals surface area (Å²) in [7, 11) is 0. The van der Waals surface area contributed by atoms with Crippen molar-refractivity contribution in [2.45, 2.75) is 98.4 Å². The number of carboxylic acid groups (broad SMARTS) is 1. The quantitative estimate of drug-likeness (QED) is 0.496. The molecule has 0 unspecified atom stereocenters. The van der Waals surface area contributed by atoms with Gasteiger partial charge in [-0.25, -0.2) is 4.79 Å². The summed E-state index contributed by atoms with van der Waals surface area (Å²) in [5.41, 5.74) is 8.52. The van der Waals surface area contributed by atoms with Crippen LogP contribution in [0.15, 0.2) is 24.3 Å². The number of aliphatic carboxylic acids is 1. The summed E-state index contributed by atoms with van der Waals surface area (Å²) in [5, 5.41) is 10.3. The Balaban J connectivity index is 1.82. The lowest BCUT2D eigenvalue weighted by molar-refractivity contribution is -0.160. The molecule has 2 aliphatic rings. The van der Waals surface area contributed by atoms with Gasteiger partial charge in [-0.1, -0.05) is 49.1 Å². The summed E-state index contributed by atoms with van der Waals surface area (Å²) in [5.74, 6) is -0.140. The SMILES string of the molecule is Cc1ccc(-c2c(C)c3c(c(C)c2[C@H](OC(C)(C)C)C(=O)O)CN(CC2CCCCC2)C3)cc1. The highest BCUT2D eigenvalue weighted by molar-refractivity contribution is 5.84. The van der Waals surface area contributed by atoms with Gasteiger partial charge in [0.2, 0.25) is 0 Å². The molecule has 0 amide bonds. The van der Waals surface area contributed by atoms with Crippen LogP contribution in [-0.2, 0) is 22.6 Å². The van der Waals surface area contributed by atoms with E-state index in [2.05, 4.69) is 49.9 Å². The van der Waals surface area contributed by atoms with Crippen molar-refractivity contribution in [3.05, 3.63) is 57.6 Å². The van der Waals surface area contributed by atoms with Gasteiger partial charge in [0.1, 0.15) is 0 Å². The zero-order valence-corrected chi connectivity index (χ0v) is 21.8. The summed E-state index contributed by atoms with van der Waals surface area (Å²) in [6, 6.07) is 8.46. The lowest BCUT2D eigenvalue weighted by atomic mass is 9.83. The first-order chi connectivity index (χ1) is 16.0. The van der Waals surface area contributed by atoms with Gasteiger partial charge in [0, 0.05) is 25.2 Å². The largest absolute Gasteiger partial charge is 0.479 e. The van der Waals surface area contributed by atoms with Crippen molar-refractivity contribution in [2.75, 3.05) is 6.54 Å². The Morgan fingerprint density at radius 2 is 1.59 bits per heavy atom. The van der Waals surface area contributed by atoms with E-state index in [0.717, 1.165) is 47.8 Å². The lowest BCUT2D eigenvalue weighted by Crippen LogP contribution is -2.28. The molecule has 2 aromatic carbocycles. The fourth-order valence-corrected chi connectivity index (χ4v) is 5.96. The maximum Gasteiger partial charge on any atom is 0.337 e. The number of fused-ring (bicyclic) bond motifs is 1. The van der Waals surface area contributed by atoms with Crippen LogP contribution >= 0.6 is 0 Å². The molecule has 1 fully saturated rings.